The van der Waals surface area contributed by atoms with Crippen molar-refractivity contribution in [3.8, 4) is 0 Å². The molecule has 3 atom stereocenters. The standard InChI is InChI=1S/C32H44N2O5Si/c1-24(29(28-21-15-22-38-28)34(7)30(35)25(2)33(6)31(36)37)16-14-23-39-40(32(3,4)5,26-17-10-8-11-18-26)27-19-12-9-13-20-27/h8-13,15,17-22,24-25,29H,14,16,23H2,1-7H3,(H,36,37)/t24-,25-,29+/m1/s1. The Balaban J connectivity index is 1.80. The summed E-state index contributed by atoms with van der Waals surface area (Å²) >= 11 is 0. The summed E-state index contributed by atoms with van der Waals surface area (Å²) in [5.41, 5.74) is 0. The SMILES string of the molecule is C[C@H](CCCO[Si](c1ccccc1)(c1ccccc1)C(C)(C)C)[C@@H](c1ccco1)N(C)C(=O)[C@@H](C)N(C)C(=O)O. The van der Waals surface area contributed by atoms with E-state index in [0.717, 1.165) is 17.7 Å². The molecule has 3 aromatic rings. The van der Waals surface area contributed by atoms with Gasteiger partial charge in [-0.1, -0.05) is 88.4 Å². The molecule has 0 radical (unpaired) electrons. The summed E-state index contributed by atoms with van der Waals surface area (Å²) < 4.78 is 12.8. The Morgan fingerprint density at radius 3 is 1.90 bits per heavy atom. The molecule has 216 valence electrons. The van der Waals surface area contributed by atoms with Crippen LogP contribution in [0.3, 0.4) is 0 Å². The van der Waals surface area contributed by atoms with Crippen molar-refractivity contribution in [2.75, 3.05) is 20.7 Å². The summed E-state index contributed by atoms with van der Waals surface area (Å²) in [5, 5.41) is 11.8. The van der Waals surface area contributed by atoms with Gasteiger partial charge in [-0.3, -0.25) is 9.69 Å². The van der Waals surface area contributed by atoms with E-state index in [1.165, 1.54) is 17.4 Å². The lowest BCUT2D eigenvalue weighted by atomic mass is 9.93. The molecule has 2 amide bonds. The Morgan fingerprint density at radius 2 is 1.45 bits per heavy atom. The van der Waals surface area contributed by atoms with Crippen LogP contribution in [0.2, 0.25) is 5.04 Å². The van der Waals surface area contributed by atoms with Crippen LogP contribution >= 0.6 is 0 Å². The van der Waals surface area contributed by atoms with Crippen LogP contribution in [0.5, 0.6) is 0 Å². The molecule has 0 saturated heterocycles. The molecule has 0 bridgehead atoms. The number of carboxylic acid groups (broad SMARTS) is 1. The average Bonchev–Trinajstić information content (AvgIpc) is 3.46. The molecule has 7 nitrogen and oxygen atoms in total. The lowest BCUT2D eigenvalue weighted by Crippen LogP contribution is -2.66. The topological polar surface area (TPSA) is 83.2 Å². The Morgan fingerprint density at radius 1 is 0.900 bits per heavy atom. The third-order valence-electron chi connectivity index (χ3n) is 7.92. The van der Waals surface area contributed by atoms with Gasteiger partial charge in [-0.2, -0.15) is 0 Å². The Labute approximate surface area is 239 Å². The molecule has 0 aliphatic rings. The number of amides is 2. The van der Waals surface area contributed by atoms with E-state index < -0.39 is 20.5 Å². The summed E-state index contributed by atoms with van der Waals surface area (Å²) in [6.45, 7) is 11.1. The number of benzene rings is 2. The molecule has 1 aromatic heterocycles. The van der Waals surface area contributed by atoms with Gasteiger partial charge in [-0.15, -0.1) is 0 Å². The van der Waals surface area contributed by atoms with E-state index in [1.807, 2.05) is 24.3 Å². The molecule has 0 spiro atoms. The predicted molar refractivity (Wildman–Crippen MR) is 161 cm³/mol. The fourth-order valence-electron chi connectivity index (χ4n) is 5.63. The monoisotopic (exact) mass is 564 g/mol. The molecular weight excluding hydrogens is 520 g/mol. The van der Waals surface area contributed by atoms with Crippen LogP contribution in [0.15, 0.2) is 83.5 Å². The minimum Gasteiger partial charge on any atom is -0.467 e. The Kier molecular flexibility index (Phi) is 10.4. The minimum atomic E-state index is -2.62. The maximum Gasteiger partial charge on any atom is 0.407 e. The second-order valence-electron chi connectivity index (χ2n) is 11.6. The normalized spacial score (nSPS) is 14.3. The highest BCUT2D eigenvalue weighted by molar-refractivity contribution is 6.99. The van der Waals surface area contributed by atoms with Crippen LogP contribution in [0.1, 0.15) is 59.3 Å². The van der Waals surface area contributed by atoms with E-state index >= 15 is 0 Å². The second-order valence-corrected chi connectivity index (χ2v) is 15.9. The highest BCUT2D eigenvalue weighted by atomic mass is 28.4. The first kappa shape index (κ1) is 31.2. The lowest BCUT2D eigenvalue weighted by Gasteiger charge is -2.43. The number of hydrogen-bond acceptors (Lipinski definition) is 4. The number of hydrogen-bond donors (Lipinski definition) is 1. The molecule has 2 aromatic carbocycles. The second kappa shape index (κ2) is 13.3. The summed E-state index contributed by atoms with van der Waals surface area (Å²) in [6.07, 6.45) is 2.06. The lowest BCUT2D eigenvalue weighted by molar-refractivity contribution is -0.137. The molecule has 0 aliphatic carbocycles. The first-order valence-electron chi connectivity index (χ1n) is 13.9. The number of carbonyl (C=O) groups is 2. The zero-order chi connectivity index (χ0) is 29.5. The van der Waals surface area contributed by atoms with Gasteiger partial charge in [0.05, 0.1) is 12.3 Å². The van der Waals surface area contributed by atoms with Crippen LogP contribution in [0, 0.1) is 5.92 Å². The summed E-state index contributed by atoms with van der Waals surface area (Å²) in [4.78, 5) is 27.4. The molecule has 1 heterocycles. The van der Waals surface area contributed by atoms with Crippen LogP contribution in [0.25, 0.3) is 0 Å². The van der Waals surface area contributed by atoms with E-state index in [2.05, 4.69) is 76.2 Å². The van der Waals surface area contributed by atoms with E-state index in [-0.39, 0.29) is 22.9 Å². The minimum absolute atomic E-state index is 0.0465. The summed E-state index contributed by atoms with van der Waals surface area (Å²) in [7, 11) is 0.504. The number of furan rings is 1. The Bertz CT molecular complexity index is 1170. The highest BCUT2D eigenvalue weighted by Gasteiger charge is 2.50. The third kappa shape index (κ3) is 6.67. The van der Waals surface area contributed by atoms with Gasteiger partial charge in [-0.05, 0) is 53.2 Å². The molecule has 8 heteroatoms. The molecule has 1 N–H and O–H groups in total. The van der Waals surface area contributed by atoms with E-state index in [1.54, 1.807) is 25.1 Å². The van der Waals surface area contributed by atoms with Crippen molar-refractivity contribution in [2.45, 2.75) is 64.6 Å². The van der Waals surface area contributed by atoms with Crippen molar-refractivity contribution in [2.24, 2.45) is 5.92 Å². The van der Waals surface area contributed by atoms with Crippen molar-refractivity contribution in [1.82, 2.24) is 9.80 Å². The largest absolute Gasteiger partial charge is 0.467 e. The van der Waals surface area contributed by atoms with E-state index in [9.17, 15) is 14.7 Å². The van der Waals surface area contributed by atoms with Crippen molar-refractivity contribution < 1.29 is 23.5 Å². The summed E-state index contributed by atoms with van der Waals surface area (Å²) in [6, 6.07) is 23.7. The average molecular weight is 565 g/mol. The molecule has 3 rings (SSSR count). The molecule has 0 aliphatic heterocycles. The number of nitrogens with zero attached hydrogens (tertiary/aromatic N) is 2. The van der Waals surface area contributed by atoms with E-state index in [0.29, 0.717) is 12.4 Å². The van der Waals surface area contributed by atoms with Gasteiger partial charge in [0.2, 0.25) is 5.91 Å². The quantitative estimate of drug-likeness (QED) is 0.223. The zero-order valence-corrected chi connectivity index (χ0v) is 25.8. The first-order chi connectivity index (χ1) is 18.9. The van der Waals surface area contributed by atoms with Crippen molar-refractivity contribution >= 4 is 30.7 Å². The zero-order valence-electron chi connectivity index (χ0n) is 24.8. The van der Waals surface area contributed by atoms with Crippen molar-refractivity contribution in [1.29, 1.82) is 0 Å². The summed E-state index contributed by atoms with van der Waals surface area (Å²) in [5.74, 6) is 0.452. The number of carbonyl (C=O) groups excluding carboxylic acids is 1. The van der Waals surface area contributed by atoms with Crippen LogP contribution in [0.4, 0.5) is 4.79 Å². The maximum atomic E-state index is 13.3. The maximum absolute atomic E-state index is 13.3. The first-order valence-corrected chi connectivity index (χ1v) is 15.8. The molecular formula is C32H44N2O5Si. The number of rotatable bonds is 12. The van der Waals surface area contributed by atoms with Gasteiger partial charge in [0, 0.05) is 20.7 Å². The van der Waals surface area contributed by atoms with Crippen LogP contribution < -0.4 is 10.4 Å². The van der Waals surface area contributed by atoms with Gasteiger partial charge >= 0.3 is 6.09 Å². The fraction of sp³-hybridized carbons (Fsp3) is 0.438. The third-order valence-corrected chi connectivity index (χ3v) is 13.0. The van der Waals surface area contributed by atoms with Gasteiger partial charge in [-0.25, -0.2) is 4.79 Å². The van der Waals surface area contributed by atoms with Gasteiger partial charge in [0.15, 0.2) is 0 Å². The predicted octanol–water partition coefficient (Wildman–Crippen LogP) is 5.77. The highest BCUT2D eigenvalue weighted by Crippen LogP contribution is 2.37. The van der Waals surface area contributed by atoms with Gasteiger partial charge < -0.3 is 18.8 Å². The van der Waals surface area contributed by atoms with Crippen molar-refractivity contribution in [3.63, 3.8) is 0 Å². The number of likely N-dealkylation sites (N-methyl/N-ethyl adjacent to an activating group) is 2. The smallest absolute Gasteiger partial charge is 0.407 e. The van der Waals surface area contributed by atoms with Gasteiger partial charge in [0.1, 0.15) is 11.8 Å². The van der Waals surface area contributed by atoms with Crippen molar-refractivity contribution in [3.05, 3.63) is 84.8 Å². The fourth-order valence-corrected chi connectivity index (χ4v) is 10.2. The Hall–Kier alpha value is -3.36. The van der Waals surface area contributed by atoms with E-state index in [4.69, 9.17) is 8.84 Å². The van der Waals surface area contributed by atoms with Crippen LogP contribution in [-0.4, -0.2) is 62.0 Å². The molecule has 0 saturated carbocycles. The molecule has 0 fully saturated rings. The molecule has 0 unspecified atom stereocenters. The molecule has 40 heavy (non-hydrogen) atoms. The van der Waals surface area contributed by atoms with Crippen LogP contribution in [-0.2, 0) is 9.22 Å². The van der Waals surface area contributed by atoms with Gasteiger partial charge in [0.25, 0.3) is 8.32 Å².